The van der Waals surface area contributed by atoms with Gasteiger partial charge in [0, 0.05) is 51.3 Å². The Hall–Kier alpha value is -4.82. The Morgan fingerprint density at radius 3 is 1.79 bits per heavy atom. The highest BCUT2D eigenvalue weighted by Crippen LogP contribution is 2.18. The molecule has 68 heavy (non-hydrogen) atoms. The van der Waals surface area contributed by atoms with Crippen LogP contribution in [0.3, 0.4) is 0 Å². The quantitative estimate of drug-likeness (QED) is 0.0487. The fourth-order valence-electron chi connectivity index (χ4n) is 6.98. The van der Waals surface area contributed by atoms with E-state index in [2.05, 4.69) is 21.3 Å². The molecule has 0 aliphatic rings. The summed E-state index contributed by atoms with van der Waals surface area (Å²) in [5.74, 6) is -2.54. The second-order valence-corrected chi connectivity index (χ2v) is 16.7. The number of carboxylic acid groups (broad SMARTS) is 2. The molecule has 0 saturated heterocycles. The van der Waals surface area contributed by atoms with Crippen molar-refractivity contribution in [3.63, 3.8) is 0 Å². The standard InChI is InChI=1S/C49H80N4O15/c1-4-14-42(50-3)44(56)25-20-38(37(2)54)15-10-11-26-51-46(58)35-67-34-32-65-30-27-52-47(59)36-66-33-31-64-28-13-16-40(55)21-24-43(49(62)63)53-45(57)17-9-7-5-6-8-12-29-68-41-22-18-39(19-23-41)48(60)61/h18-19,22-23,38,42-43,50H,4-17,20-21,24-36H2,1-3H3,(H,51,58)(H,52,59)(H,53,57)(H,60,61)(H,62,63)/t38-,42+,43+/m1/s1. The molecule has 0 aliphatic heterocycles. The molecule has 386 valence electrons. The van der Waals surface area contributed by atoms with Crippen molar-refractivity contribution >= 4 is 47.0 Å². The summed E-state index contributed by atoms with van der Waals surface area (Å²) in [7, 11) is 1.78. The van der Waals surface area contributed by atoms with Crippen molar-refractivity contribution in [1.82, 2.24) is 21.3 Å². The zero-order chi connectivity index (χ0) is 50.2. The van der Waals surface area contributed by atoms with Gasteiger partial charge in [-0.05, 0) is 89.6 Å². The molecule has 3 atom stereocenters. The summed E-state index contributed by atoms with van der Waals surface area (Å²) in [5, 5.41) is 29.5. The van der Waals surface area contributed by atoms with E-state index < -0.39 is 18.0 Å². The number of carbonyl (C=O) groups excluding carboxylic acids is 6. The van der Waals surface area contributed by atoms with Crippen molar-refractivity contribution in [1.29, 1.82) is 0 Å². The molecule has 19 heteroatoms. The fourth-order valence-corrected chi connectivity index (χ4v) is 6.98. The third-order valence-electron chi connectivity index (χ3n) is 11.0. The average molecular weight is 965 g/mol. The maximum absolute atomic E-state index is 12.4. The smallest absolute Gasteiger partial charge is 0.335 e. The predicted molar refractivity (Wildman–Crippen MR) is 254 cm³/mol. The molecule has 3 amide bonds. The van der Waals surface area contributed by atoms with Gasteiger partial charge in [-0.1, -0.05) is 45.4 Å². The third kappa shape index (κ3) is 32.8. The molecule has 0 spiro atoms. The van der Waals surface area contributed by atoms with E-state index in [0.29, 0.717) is 57.4 Å². The highest BCUT2D eigenvalue weighted by atomic mass is 16.5. The van der Waals surface area contributed by atoms with Crippen molar-refractivity contribution < 1.29 is 72.3 Å². The third-order valence-corrected chi connectivity index (χ3v) is 11.0. The van der Waals surface area contributed by atoms with E-state index in [1.165, 1.54) is 12.1 Å². The summed E-state index contributed by atoms with van der Waals surface area (Å²) in [6, 6.07) is 4.95. The van der Waals surface area contributed by atoms with E-state index in [-0.39, 0.29) is 138 Å². The second kappa shape index (κ2) is 40.1. The molecular formula is C49H80N4O15. The number of benzene rings is 1. The Morgan fingerprint density at radius 2 is 1.18 bits per heavy atom. The van der Waals surface area contributed by atoms with Gasteiger partial charge >= 0.3 is 11.9 Å². The Bertz CT molecular complexity index is 1610. The van der Waals surface area contributed by atoms with Gasteiger partial charge in [0.15, 0.2) is 0 Å². The van der Waals surface area contributed by atoms with Gasteiger partial charge in [0.1, 0.15) is 42.4 Å². The number of carbonyl (C=O) groups is 8. The molecule has 1 aromatic rings. The summed E-state index contributed by atoms with van der Waals surface area (Å²) in [6.45, 7) is 5.96. The number of carboxylic acids is 2. The molecule has 0 radical (unpaired) electrons. The van der Waals surface area contributed by atoms with Gasteiger partial charge < -0.3 is 55.2 Å². The summed E-state index contributed by atoms with van der Waals surface area (Å²) < 4.78 is 27.2. The lowest BCUT2D eigenvalue weighted by Crippen LogP contribution is -2.41. The minimum atomic E-state index is -1.19. The Kier molecular flexibility index (Phi) is 36.1. The van der Waals surface area contributed by atoms with E-state index in [9.17, 15) is 43.5 Å². The normalized spacial score (nSPS) is 12.4. The number of nitrogens with one attached hydrogen (secondary N) is 4. The van der Waals surface area contributed by atoms with E-state index in [4.69, 9.17) is 28.8 Å². The predicted octanol–water partition coefficient (Wildman–Crippen LogP) is 4.60. The molecule has 19 nitrogen and oxygen atoms in total. The van der Waals surface area contributed by atoms with Gasteiger partial charge in [0.05, 0.1) is 51.2 Å². The fraction of sp³-hybridized carbons (Fsp3) is 0.714. The number of rotatable bonds is 46. The maximum atomic E-state index is 12.4. The number of aromatic carboxylic acids is 1. The van der Waals surface area contributed by atoms with Gasteiger partial charge in [-0.2, -0.15) is 0 Å². The molecular weight excluding hydrogens is 885 g/mol. The van der Waals surface area contributed by atoms with Crippen LogP contribution in [0.15, 0.2) is 24.3 Å². The number of unbranched alkanes of at least 4 members (excludes halogenated alkanes) is 6. The number of hydrogen-bond donors (Lipinski definition) is 6. The number of ketones is 3. The van der Waals surface area contributed by atoms with Gasteiger partial charge in [-0.15, -0.1) is 0 Å². The highest BCUT2D eigenvalue weighted by molar-refractivity contribution is 5.88. The van der Waals surface area contributed by atoms with Crippen LogP contribution in [0, 0.1) is 5.92 Å². The first-order chi connectivity index (χ1) is 32.8. The van der Waals surface area contributed by atoms with Crippen molar-refractivity contribution in [3.05, 3.63) is 29.8 Å². The van der Waals surface area contributed by atoms with Gasteiger partial charge in [-0.3, -0.25) is 28.8 Å². The first-order valence-electron chi connectivity index (χ1n) is 24.3. The van der Waals surface area contributed by atoms with Crippen LogP contribution in [0.2, 0.25) is 0 Å². The molecule has 1 aromatic carbocycles. The van der Waals surface area contributed by atoms with Gasteiger partial charge in [0.2, 0.25) is 17.7 Å². The minimum absolute atomic E-state index is 0.00221. The number of Topliss-reactive ketones (excluding diaryl/α,β-unsaturated/α-hetero) is 3. The maximum Gasteiger partial charge on any atom is 0.335 e. The van der Waals surface area contributed by atoms with E-state index in [0.717, 1.165) is 51.4 Å². The first kappa shape index (κ1) is 61.2. The summed E-state index contributed by atoms with van der Waals surface area (Å²) in [6.07, 6.45) is 10.8. The Labute approximate surface area is 402 Å². The molecule has 0 bridgehead atoms. The Balaban J connectivity index is 1.96. The van der Waals surface area contributed by atoms with Gasteiger partial charge in [-0.25, -0.2) is 9.59 Å². The SMILES string of the molecule is CCC[C@H](NC)C(=O)CC[C@@H](CCCCNC(=O)COCCOCCNC(=O)COCCOCCCC(=O)CC[C@H](NC(=O)CCCCCCCCOc1ccc(C(=O)O)cc1)C(=O)O)C(C)=O. The monoisotopic (exact) mass is 965 g/mol. The lowest BCUT2D eigenvalue weighted by molar-refractivity contribution is -0.142. The van der Waals surface area contributed by atoms with Crippen LogP contribution in [0.1, 0.15) is 140 Å². The Morgan fingerprint density at radius 1 is 0.559 bits per heavy atom. The molecule has 0 aliphatic carbocycles. The summed E-state index contributed by atoms with van der Waals surface area (Å²) in [5.41, 5.74) is 0.205. The number of hydrogen-bond acceptors (Lipinski definition) is 14. The number of likely N-dealkylation sites (N-methyl/N-ethyl adjacent to an activating group) is 1. The van der Waals surface area contributed by atoms with E-state index in [1.54, 1.807) is 26.1 Å². The van der Waals surface area contributed by atoms with Crippen LogP contribution in [0.4, 0.5) is 0 Å². The zero-order valence-electron chi connectivity index (χ0n) is 40.7. The number of amides is 3. The molecule has 1 rings (SSSR count). The van der Waals surface area contributed by atoms with Crippen LogP contribution >= 0.6 is 0 Å². The zero-order valence-corrected chi connectivity index (χ0v) is 40.7. The molecule has 6 N–H and O–H groups in total. The molecule has 0 unspecified atom stereocenters. The van der Waals surface area contributed by atoms with Crippen LogP contribution < -0.4 is 26.0 Å². The van der Waals surface area contributed by atoms with Crippen LogP contribution in [0.5, 0.6) is 5.75 Å². The topological polar surface area (TPSA) is 271 Å². The second-order valence-electron chi connectivity index (χ2n) is 16.7. The summed E-state index contributed by atoms with van der Waals surface area (Å²) in [4.78, 5) is 95.8. The number of aliphatic carboxylic acids is 1. The van der Waals surface area contributed by atoms with Crippen LogP contribution in [-0.4, -0.2) is 149 Å². The lowest BCUT2D eigenvalue weighted by atomic mass is 9.90. The summed E-state index contributed by atoms with van der Waals surface area (Å²) >= 11 is 0. The highest BCUT2D eigenvalue weighted by Gasteiger charge is 2.22. The molecule has 0 saturated carbocycles. The minimum Gasteiger partial charge on any atom is -0.494 e. The lowest BCUT2D eigenvalue weighted by Gasteiger charge is -2.17. The van der Waals surface area contributed by atoms with Gasteiger partial charge in [0.25, 0.3) is 0 Å². The number of ether oxygens (including phenoxy) is 5. The van der Waals surface area contributed by atoms with Crippen LogP contribution in [-0.2, 0) is 52.5 Å². The van der Waals surface area contributed by atoms with Crippen LogP contribution in [0.25, 0.3) is 0 Å². The molecule has 0 heterocycles. The van der Waals surface area contributed by atoms with Crippen molar-refractivity contribution in [2.45, 2.75) is 142 Å². The van der Waals surface area contributed by atoms with Crippen molar-refractivity contribution in [3.8, 4) is 5.75 Å². The largest absolute Gasteiger partial charge is 0.494 e. The van der Waals surface area contributed by atoms with E-state index in [1.807, 2.05) is 6.92 Å². The van der Waals surface area contributed by atoms with Crippen molar-refractivity contribution in [2.24, 2.45) is 5.92 Å². The average Bonchev–Trinajstić information content (AvgIpc) is 3.31. The molecule has 0 fully saturated rings. The molecule has 0 aromatic heterocycles. The van der Waals surface area contributed by atoms with Crippen molar-refractivity contribution in [2.75, 3.05) is 79.6 Å². The van der Waals surface area contributed by atoms with E-state index >= 15 is 0 Å². The first-order valence-corrected chi connectivity index (χ1v) is 24.3.